The number of nitrogen functional groups attached to an aromatic ring is 1. The highest BCUT2D eigenvalue weighted by atomic mass is 14.8. The molecule has 0 saturated heterocycles. The predicted molar refractivity (Wildman–Crippen MR) is 46.6 cm³/mol. The van der Waals surface area contributed by atoms with Gasteiger partial charge < -0.3 is 11.5 Å². The minimum absolute atomic E-state index is 0.409. The summed E-state index contributed by atoms with van der Waals surface area (Å²) in [4.78, 5) is 4.15. The second-order valence-electron chi connectivity index (χ2n) is 2.22. The quantitative estimate of drug-likeness (QED) is 0.652. The molecule has 0 aliphatic carbocycles. The molecule has 0 spiro atoms. The lowest BCUT2D eigenvalue weighted by Gasteiger charge is -2.00. The first kappa shape index (κ1) is 7.75. The molecular weight excluding hydrogens is 138 g/mol. The second kappa shape index (κ2) is 3.16. The third-order valence-corrected chi connectivity index (χ3v) is 1.34. The van der Waals surface area contributed by atoms with Gasteiger partial charge in [0.05, 0.1) is 11.4 Å². The molecule has 1 aromatic heterocycles. The number of nitrogens with two attached hydrogens (primary N) is 2. The molecule has 11 heavy (non-hydrogen) atoms. The maximum absolute atomic E-state index is 5.57. The molecule has 1 aromatic rings. The molecule has 0 unspecified atom stereocenters. The average Bonchev–Trinajstić information content (AvgIpc) is 2.03. The van der Waals surface area contributed by atoms with Crippen molar-refractivity contribution >= 4 is 11.8 Å². The molecule has 1 rings (SSSR count). The van der Waals surface area contributed by atoms with Gasteiger partial charge in [0.2, 0.25) is 0 Å². The van der Waals surface area contributed by atoms with Crippen molar-refractivity contribution in [3.8, 4) is 0 Å². The highest BCUT2D eigenvalue weighted by molar-refractivity contribution is 5.51. The standard InChI is InChI=1S/C8H11N3/c1-2-7-3-6(10)4-8(5-9)11-7/h2-4H,1,5,9H2,(H2,10,11). The van der Waals surface area contributed by atoms with Crippen molar-refractivity contribution in [3.05, 3.63) is 30.1 Å². The Hall–Kier alpha value is -1.35. The van der Waals surface area contributed by atoms with Crippen LogP contribution in [-0.4, -0.2) is 4.98 Å². The zero-order valence-corrected chi connectivity index (χ0v) is 6.25. The Labute approximate surface area is 65.7 Å². The van der Waals surface area contributed by atoms with Crippen LogP contribution in [0.1, 0.15) is 11.4 Å². The zero-order chi connectivity index (χ0) is 8.27. The summed E-state index contributed by atoms with van der Waals surface area (Å²) >= 11 is 0. The molecule has 0 aliphatic rings. The molecular formula is C8H11N3. The van der Waals surface area contributed by atoms with Crippen LogP contribution >= 0.6 is 0 Å². The van der Waals surface area contributed by atoms with Crippen LogP contribution in [0.4, 0.5) is 5.69 Å². The van der Waals surface area contributed by atoms with Crippen LogP contribution in [0.3, 0.4) is 0 Å². The van der Waals surface area contributed by atoms with Gasteiger partial charge in [0.25, 0.3) is 0 Å². The topological polar surface area (TPSA) is 64.9 Å². The van der Waals surface area contributed by atoms with E-state index in [0.717, 1.165) is 11.4 Å². The van der Waals surface area contributed by atoms with E-state index in [0.29, 0.717) is 12.2 Å². The second-order valence-corrected chi connectivity index (χ2v) is 2.22. The Morgan fingerprint density at radius 3 is 2.82 bits per heavy atom. The molecule has 3 nitrogen and oxygen atoms in total. The van der Waals surface area contributed by atoms with Gasteiger partial charge in [0.15, 0.2) is 0 Å². The molecule has 0 radical (unpaired) electrons. The Kier molecular flexibility index (Phi) is 2.23. The van der Waals surface area contributed by atoms with Crippen LogP contribution in [-0.2, 0) is 6.54 Å². The summed E-state index contributed by atoms with van der Waals surface area (Å²) in [5, 5.41) is 0. The fourth-order valence-electron chi connectivity index (χ4n) is 0.844. The number of anilines is 1. The highest BCUT2D eigenvalue weighted by Crippen LogP contribution is 2.07. The van der Waals surface area contributed by atoms with E-state index in [2.05, 4.69) is 11.6 Å². The van der Waals surface area contributed by atoms with Crippen molar-refractivity contribution < 1.29 is 0 Å². The smallest absolute Gasteiger partial charge is 0.0648 e. The fourth-order valence-corrected chi connectivity index (χ4v) is 0.844. The summed E-state index contributed by atoms with van der Waals surface area (Å²) in [6, 6.07) is 3.51. The van der Waals surface area contributed by atoms with E-state index in [-0.39, 0.29) is 0 Å². The zero-order valence-electron chi connectivity index (χ0n) is 6.25. The Morgan fingerprint density at radius 2 is 2.27 bits per heavy atom. The van der Waals surface area contributed by atoms with Crippen molar-refractivity contribution in [3.63, 3.8) is 0 Å². The molecule has 1 heterocycles. The molecule has 0 aliphatic heterocycles. The van der Waals surface area contributed by atoms with Crippen LogP contribution in [0.15, 0.2) is 18.7 Å². The molecule has 58 valence electrons. The van der Waals surface area contributed by atoms with Gasteiger partial charge in [-0.15, -0.1) is 0 Å². The van der Waals surface area contributed by atoms with Crippen molar-refractivity contribution in [2.75, 3.05) is 5.73 Å². The molecule has 0 amide bonds. The minimum atomic E-state index is 0.409. The van der Waals surface area contributed by atoms with Gasteiger partial charge >= 0.3 is 0 Å². The van der Waals surface area contributed by atoms with Gasteiger partial charge in [0, 0.05) is 12.2 Å². The van der Waals surface area contributed by atoms with E-state index in [1.54, 1.807) is 18.2 Å². The third-order valence-electron chi connectivity index (χ3n) is 1.34. The lowest BCUT2D eigenvalue weighted by atomic mass is 10.2. The SMILES string of the molecule is C=Cc1cc(N)cc(CN)n1. The first-order valence-electron chi connectivity index (χ1n) is 3.35. The predicted octanol–water partition coefficient (Wildman–Crippen LogP) is 0.766. The Morgan fingerprint density at radius 1 is 1.55 bits per heavy atom. The molecule has 0 atom stereocenters. The summed E-state index contributed by atoms with van der Waals surface area (Å²) in [6.45, 7) is 4.00. The van der Waals surface area contributed by atoms with Gasteiger partial charge in [-0.25, -0.2) is 0 Å². The Bertz CT molecular complexity index is 268. The largest absolute Gasteiger partial charge is 0.399 e. The van der Waals surface area contributed by atoms with Crippen molar-refractivity contribution in [2.24, 2.45) is 5.73 Å². The number of nitrogens with zero attached hydrogens (tertiary/aromatic N) is 1. The fraction of sp³-hybridized carbons (Fsp3) is 0.125. The summed E-state index contributed by atoms with van der Waals surface area (Å²) in [5.41, 5.74) is 13.2. The molecule has 0 fully saturated rings. The van der Waals surface area contributed by atoms with Gasteiger partial charge in [-0.1, -0.05) is 6.58 Å². The van der Waals surface area contributed by atoms with E-state index < -0.39 is 0 Å². The van der Waals surface area contributed by atoms with Crippen LogP contribution in [0.5, 0.6) is 0 Å². The normalized spacial score (nSPS) is 9.55. The Balaban J connectivity index is 3.11. The maximum Gasteiger partial charge on any atom is 0.0648 e. The van der Waals surface area contributed by atoms with Gasteiger partial charge in [-0.3, -0.25) is 4.98 Å². The molecule has 0 saturated carbocycles. The third kappa shape index (κ3) is 1.78. The molecule has 4 N–H and O–H groups in total. The van der Waals surface area contributed by atoms with E-state index in [1.165, 1.54) is 0 Å². The minimum Gasteiger partial charge on any atom is -0.399 e. The van der Waals surface area contributed by atoms with Gasteiger partial charge in [-0.2, -0.15) is 0 Å². The molecule has 0 bridgehead atoms. The summed E-state index contributed by atoms with van der Waals surface area (Å²) in [7, 11) is 0. The van der Waals surface area contributed by atoms with Crippen LogP contribution in [0.25, 0.3) is 6.08 Å². The first-order valence-corrected chi connectivity index (χ1v) is 3.35. The van der Waals surface area contributed by atoms with Gasteiger partial charge in [0.1, 0.15) is 0 Å². The number of hydrogen-bond acceptors (Lipinski definition) is 3. The summed E-state index contributed by atoms with van der Waals surface area (Å²) in [6.07, 6.45) is 1.65. The van der Waals surface area contributed by atoms with E-state index in [9.17, 15) is 0 Å². The summed E-state index contributed by atoms with van der Waals surface area (Å²) < 4.78 is 0. The van der Waals surface area contributed by atoms with Crippen molar-refractivity contribution in [1.82, 2.24) is 4.98 Å². The highest BCUT2D eigenvalue weighted by Gasteiger charge is 1.94. The van der Waals surface area contributed by atoms with Crippen molar-refractivity contribution in [2.45, 2.75) is 6.54 Å². The van der Waals surface area contributed by atoms with Crippen molar-refractivity contribution in [1.29, 1.82) is 0 Å². The van der Waals surface area contributed by atoms with Gasteiger partial charge in [-0.05, 0) is 18.2 Å². The number of rotatable bonds is 2. The van der Waals surface area contributed by atoms with E-state index in [4.69, 9.17) is 11.5 Å². The van der Waals surface area contributed by atoms with E-state index >= 15 is 0 Å². The van der Waals surface area contributed by atoms with Crippen LogP contribution in [0.2, 0.25) is 0 Å². The monoisotopic (exact) mass is 149 g/mol. The lowest BCUT2D eigenvalue weighted by molar-refractivity contribution is 0.987. The van der Waals surface area contributed by atoms with E-state index in [1.807, 2.05) is 0 Å². The summed E-state index contributed by atoms with van der Waals surface area (Å²) in [5.74, 6) is 0. The lowest BCUT2D eigenvalue weighted by Crippen LogP contribution is -2.01. The first-order chi connectivity index (χ1) is 5.26. The number of aromatic nitrogens is 1. The average molecular weight is 149 g/mol. The van der Waals surface area contributed by atoms with Crippen LogP contribution < -0.4 is 11.5 Å². The maximum atomic E-state index is 5.57. The number of pyridine rings is 1. The van der Waals surface area contributed by atoms with Crippen LogP contribution in [0, 0.1) is 0 Å². The molecule has 0 aromatic carbocycles. The number of hydrogen-bond donors (Lipinski definition) is 2. The molecule has 3 heteroatoms.